The lowest BCUT2D eigenvalue weighted by Crippen LogP contribution is -2.06. The molecule has 3 aromatic heterocycles. The van der Waals surface area contributed by atoms with Crippen molar-refractivity contribution in [1.29, 1.82) is 0 Å². The molecule has 116 valence electrons. The summed E-state index contributed by atoms with van der Waals surface area (Å²) in [7, 11) is 0. The fourth-order valence-corrected chi connectivity index (χ4v) is 2.42. The Hall–Kier alpha value is -2.25. The lowest BCUT2D eigenvalue weighted by atomic mass is 10.3. The Morgan fingerprint density at radius 2 is 2.09 bits per heavy atom. The molecule has 0 aliphatic carbocycles. The van der Waals surface area contributed by atoms with Crippen molar-refractivity contribution in [2.45, 2.75) is 32.9 Å². The highest BCUT2D eigenvalue weighted by molar-refractivity contribution is 5.60. The fraction of sp³-hybridized carbons (Fsp3) is 0.400. The fourth-order valence-electron chi connectivity index (χ4n) is 2.42. The molecular weight excluding hydrogens is 282 g/mol. The summed E-state index contributed by atoms with van der Waals surface area (Å²) in [6.45, 7) is 4.21. The second-order valence-corrected chi connectivity index (χ2v) is 5.24. The molecule has 0 saturated carbocycles. The number of imidazole rings is 1. The summed E-state index contributed by atoms with van der Waals surface area (Å²) < 4.78 is 3.69. The molecule has 0 bridgehead atoms. The summed E-state index contributed by atoms with van der Waals surface area (Å²) in [6.07, 6.45) is 1.78. The van der Waals surface area contributed by atoms with Crippen LogP contribution < -0.4 is 0 Å². The van der Waals surface area contributed by atoms with E-state index in [0.717, 1.165) is 17.0 Å². The van der Waals surface area contributed by atoms with Crippen molar-refractivity contribution in [3.05, 3.63) is 35.9 Å². The highest BCUT2D eigenvalue weighted by Crippen LogP contribution is 2.24. The SMILES string of the molecule is Cc1c(-c2nc(C(C)O)nn2CCCO)nc2ccccn12. The largest absolute Gasteiger partial charge is 0.396 e. The summed E-state index contributed by atoms with van der Waals surface area (Å²) in [6, 6.07) is 5.81. The number of hydrogen-bond donors (Lipinski definition) is 2. The predicted octanol–water partition coefficient (Wildman–Crippen LogP) is 1.34. The van der Waals surface area contributed by atoms with Crippen LogP contribution >= 0.6 is 0 Å². The van der Waals surface area contributed by atoms with E-state index in [2.05, 4.69) is 15.1 Å². The molecule has 0 amide bonds. The lowest BCUT2D eigenvalue weighted by Gasteiger charge is -2.03. The second-order valence-electron chi connectivity index (χ2n) is 5.24. The van der Waals surface area contributed by atoms with E-state index in [1.54, 1.807) is 11.6 Å². The van der Waals surface area contributed by atoms with Gasteiger partial charge >= 0.3 is 0 Å². The van der Waals surface area contributed by atoms with E-state index in [-0.39, 0.29) is 6.61 Å². The molecule has 3 heterocycles. The van der Waals surface area contributed by atoms with Gasteiger partial charge in [-0.3, -0.25) is 0 Å². The number of pyridine rings is 1. The van der Waals surface area contributed by atoms with Gasteiger partial charge in [-0.05, 0) is 32.4 Å². The summed E-state index contributed by atoms with van der Waals surface area (Å²) >= 11 is 0. The highest BCUT2D eigenvalue weighted by Gasteiger charge is 2.19. The van der Waals surface area contributed by atoms with Gasteiger partial charge in [0.15, 0.2) is 11.6 Å². The van der Waals surface area contributed by atoms with Gasteiger partial charge in [0.25, 0.3) is 0 Å². The second kappa shape index (κ2) is 5.86. The van der Waals surface area contributed by atoms with Gasteiger partial charge < -0.3 is 14.6 Å². The third-order valence-electron chi connectivity index (χ3n) is 3.57. The average molecular weight is 301 g/mol. The minimum Gasteiger partial charge on any atom is -0.396 e. The molecule has 22 heavy (non-hydrogen) atoms. The Morgan fingerprint density at radius 3 is 2.77 bits per heavy atom. The van der Waals surface area contributed by atoms with Crippen LogP contribution in [-0.4, -0.2) is 41.0 Å². The molecule has 0 aliphatic rings. The number of fused-ring (bicyclic) bond motifs is 1. The van der Waals surface area contributed by atoms with Gasteiger partial charge in [-0.15, -0.1) is 0 Å². The monoisotopic (exact) mass is 301 g/mol. The van der Waals surface area contributed by atoms with E-state index in [9.17, 15) is 5.11 Å². The van der Waals surface area contributed by atoms with Crippen molar-refractivity contribution in [3.63, 3.8) is 0 Å². The number of rotatable bonds is 5. The van der Waals surface area contributed by atoms with Gasteiger partial charge in [-0.2, -0.15) is 5.10 Å². The van der Waals surface area contributed by atoms with Crippen LogP contribution in [0.15, 0.2) is 24.4 Å². The molecule has 1 atom stereocenters. The normalized spacial score (nSPS) is 12.9. The van der Waals surface area contributed by atoms with Crippen LogP contribution in [0.4, 0.5) is 0 Å². The maximum atomic E-state index is 9.73. The molecule has 0 aromatic carbocycles. The Kier molecular flexibility index (Phi) is 3.91. The molecule has 3 aromatic rings. The van der Waals surface area contributed by atoms with Crippen molar-refractivity contribution in [2.24, 2.45) is 0 Å². The molecule has 0 saturated heterocycles. The van der Waals surface area contributed by atoms with E-state index < -0.39 is 6.10 Å². The molecule has 0 fully saturated rings. The van der Waals surface area contributed by atoms with Crippen molar-refractivity contribution in [2.75, 3.05) is 6.61 Å². The minimum absolute atomic E-state index is 0.0768. The number of aromatic nitrogens is 5. The van der Waals surface area contributed by atoms with Gasteiger partial charge in [-0.25, -0.2) is 14.6 Å². The van der Waals surface area contributed by atoms with E-state index in [4.69, 9.17) is 5.11 Å². The predicted molar refractivity (Wildman–Crippen MR) is 81.3 cm³/mol. The van der Waals surface area contributed by atoms with Crippen molar-refractivity contribution < 1.29 is 10.2 Å². The van der Waals surface area contributed by atoms with E-state index >= 15 is 0 Å². The third-order valence-corrected chi connectivity index (χ3v) is 3.57. The first-order chi connectivity index (χ1) is 10.6. The number of hydrogen-bond acceptors (Lipinski definition) is 5. The van der Waals surface area contributed by atoms with E-state index in [1.165, 1.54) is 0 Å². The molecule has 0 aliphatic heterocycles. The van der Waals surface area contributed by atoms with Crippen LogP contribution in [0, 0.1) is 6.92 Å². The summed E-state index contributed by atoms with van der Waals surface area (Å²) in [5, 5.41) is 23.1. The van der Waals surface area contributed by atoms with Crippen molar-refractivity contribution in [1.82, 2.24) is 24.1 Å². The van der Waals surface area contributed by atoms with Crippen LogP contribution in [0.25, 0.3) is 17.2 Å². The molecular formula is C15H19N5O2. The van der Waals surface area contributed by atoms with Gasteiger partial charge in [0.2, 0.25) is 0 Å². The molecule has 2 N–H and O–H groups in total. The van der Waals surface area contributed by atoms with Crippen LogP contribution in [0.2, 0.25) is 0 Å². The lowest BCUT2D eigenvalue weighted by molar-refractivity contribution is 0.188. The molecule has 3 rings (SSSR count). The maximum Gasteiger partial charge on any atom is 0.179 e. The summed E-state index contributed by atoms with van der Waals surface area (Å²) in [5.74, 6) is 0.981. The Labute approximate surface area is 127 Å². The first kappa shape index (κ1) is 14.7. The van der Waals surface area contributed by atoms with Crippen LogP contribution in [0.1, 0.15) is 31.0 Å². The van der Waals surface area contributed by atoms with Crippen LogP contribution in [-0.2, 0) is 6.54 Å². The Morgan fingerprint density at radius 1 is 1.27 bits per heavy atom. The highest BCUT2D eigenvalue weighted by atomic mass is 16.3. The zero-order valence-electron chi connectivity index (χ0n) is 12.6. The zero-order valence-corrected chi connectivity index (χ0v) is 12.6. The van der Waals surface area contributed by atoms with E-state index in [0.29, 0.717) is 24.6 Å². The van der Waals surface area contributed by atoms with Crippen LogP contribution in [0.3, 0.4) is 0 Å². The Balaban J connectivity index is 2.13. The Bertz CT molecular complexity index is 790. The maximum absolute atomic E-state index is 9.73. The standard InChI is InChI=1S/C15H19N5O2/c1-10-13(16-12-6-3-4-7-19(10)12)15-17-14(11(2)22)18-20(15)8-5-9-21/h3-4,6-7,11,21-22H,5,8-9H2,1-2H3. The smallest absolute Gasteiger partial charge is 0.179 e. The molecule has 7 heteroatoms. The molecule has 0 radical (unpaired) electrons. The van der Waals surface area contributed by atoms with Crippen molar-refractivity contribution in [3.8, 4) is 11.5 Å². The third kappa shape index (κ3) is 2.49. The quantitative estimate of drug-likeness (QED) is 0.742. The topological polar surface area (TPSA) is 88.5 Å². The van der Waals surface area contributed by atoms with Gasteiger partial charge in [0.05, 0.1) is 5.69 Å². The minimum atomic E-state index is -0.744. The first-order valence-electron chi connectivity index (χ1n) is 7.29. The zero-order chi connectivity index (χ0) is 15.7. The van der Waals surface area contributed by atoms with Crippen molar-refractivity contribution >= 4 is 5.65 Å². The van der Waals surface area contributed by atoms with E-state index in [1.807, 2.05) is 35.7 Å². The number of aliphatic hydroxyl groups excluding tert-OH is 2. The first-order valence-corrected chi connectivity index (χ1v) is 7.29. The molecule has 7 nitrogen and oxygen atoms in total. The van der Waals surface area contributed by atoms with Gasteiger partial charge in [-0.1, -0.05) is 6.07 Å². The van der Waals surface area contributed by atoms with Gasteiger partial charge in [0, 0.05) is 19.3 Å². The molecule has 0 spiro atoms. The number of aryl methyl sites for hydroxylation is 2. The number of aliphatic hydroxyl groups is 2. The van der Waals surface area contributed by atoms with Gasteiger partial charge in [0.1, 0.15) is 17.4 Å². The summed E-state index contributed by atoms with van der Waals surface area (Å²) in [4.78, 5) is 9.05. The van der Waals surface area contributed by atoms with Crippen LogP contribution in [0.5, 0.6) is 0 Å². The molecule has 1 unspecified atom stereocenters. The number of nitrogens with zero attached hydrogens (tertiary/aromatic N) is 5. The average Bonchev–Trinajstić information content (AvgIpc) is 3.07. The summed E-state index contributed by atoms with van der Waals surface area (Å²) in [5.41, 5.74) is 2.54.